The summed E-state index contributed by atoms with van der Waals surface area (Å²) < 4.78 is 1.58. The van der Waals surface area contributed by atoms with Crippen LogP contribution < -0.4 is 16.2 Å². The molecule has 9 heteroatoms. The first-order chi connectivity index (χ1) is 13.5. The van der Waals surface area contributed by atoms with Crippen LogP contribution in [0.25, 0.3) is 10.2 Å². The lowest BCUT2D eigenvalue weighted by Gasteiger charge is -2.10. The summed E-state index contributed by atoms with van der Waals surface area (Å²) >= 11 is 2.78. The number of amides is 2. The van der Waals surface area contributed by atoms with Gasteiger partial charge in [0.1, 0.15) is 4.83 Å². The Kier molecular flexibility index (Phi) is 6.90. The first kappa shape index (κ1) is 20.6. The molecule has 150 valence electrons. The fraction of sp³-hybridized carbons (Fsp3) is 0.474. The molecule has 1 aliphatic carbocycles. The molecule has 0 atom stereocenters. The van der Waals surface area contributed by atoms with Gasteiger partial charge in [-0.25, -0.2) is 4.98 Å². The Morgan fingerprint density at radius 2 is 2.14 bits per heavy atom. The van der Waals surface area contributed by atoms with Gasteiger partial charge in [0.2, 0.25) is 11.8 Å². The first-order valence-corrected chi connectivity index (χ1v) is 11.2. The van der Waals surface area contributed by atoms with E-state index in [0.717, 1.165) is 41.5 Å². The molecule has 28 heavy (non-hydrogen) atoms. The number of nitrogens with zero attached hydrogens (tertiary/aromatic N) is 2. The number of carbonyl (C=O) groups excluding carboxylic acids is 2. The Balaban J connectivity index is 1.73. The molecule has 2 amide bonds. The molecule has 0 saturated heterocycles. The summed E-state index contributed by atoms with van der Waals surface area (Å²) in [6, 6.07) is 0. The van der Waals surface area contributed by atoms with E-state index in [4.69, 9.17) is 0 Å². The van der Waals surface area contributed by atoms with E-state index < -0.39 is 0 Å². The highest BCUT2D eigenvalue weighted by Gasteiger charge is 2.23. The van der Waals surface area contributed by atoms with Crippen molar-refractivity contribution in [3.05, 3.63) is 33.4 Å². The van der Waals surface area contributed by atoms with Crippen LogP contribution in [0.5, 0.6) is 0 Å². The van der Waals surface area contributed by atoms with Crippen molar-refractivity contribution in [3.8, 4) is 0 Å². The third-order valence-corrected chi connectivity index (χ3v) is 6.61. The average molecular weight is 421 g/mol. The van der Waals surface area contributed by atoms with Crippen molar-refractivity contribution >= 4 is 45.1 Å². The second-order valence-corrected chi connectivity index (χ2v) is 8.58. The van der Waals surface area contributed by atoms with Gasteiger partial charge in [0.05, 0.1) is 17.7 Å². The van der Waals surface area contributed by atoms with Crippen LogP contribution in [0.4, 0.5) is 0 Å². The van der Waals surface area contributed by atoms with Gasteiger partial charge in [-0.2, -0.15) is 0 Å². The fourth-order valence-corrected chi connectivity index (χ4v) is 5.29. The number of carbonyl (C=O) groups is 2. The number of thiophene rings is 1. The predicted octanol–water partition coefficient (Wildman–Crippen LogP) is 1.87. The predicted molar refractivity (Wildman–Crippen MR) is 113 cm³/mol. The van der Waals surface area contributed by atoms with Gasteiger partial charge < -0.3 is 10.6 Å². The lowest BCUT2D eigenvalue weighted by molar-refractivity contribution is -0.124. The largest absolute Gasteiger partial charge is 0.355 e. The molecule has 0 unspecified atom stereocenters. The molecule has 3 rings (SSSR count). The summed E-state index contributed by atoms with van der Waals surface area (Å²) in [7, 11) is 0. The van der Waals surface area contributed by atoms with Crippen LogP contribution in [-0.2, 0) is 29.0 Å². The van der Waals surface area contributed by atoms with Gasteiger partial charge in [0.25, 0.3) is 5.56 Å². The van der Waals surface area contributed by atoms with Crippen LogP contribution in [0.2, 0.25) is 0 Å². The van der Waals surface area contributed by atoms with Gasteiger partial charge in [0.15, 0.2) is 5.16 Å². The maximum atomic E-state index is 13.0. The fourth-order valence-electron chi connectivity index (χ4n) is 3.15. The van der Waals surface area contributed by atoms with E-state index in [1.807, 2.05) is 6.92 Å². The minimum Gasteiger partial charge on any atom is -0.355 e. The topological polar surface area (TPSA) is 93.1 Å². The minimum atomic E-state index is -0.273. The molecule has 0 fully saturated rings. The van der Waals surface area contributed by atoms with Crippen molar-refractivity contribution in [1.82, 2.24) is 20.2 Å². The summed E-state index contributed by atoms with van der Waals surface area (Å²) in [6.07, 6.45) is 5.51. The molecule has 2 heterocycles. The number of fused-ring (bicyclic) bond motifs is 3. The van der Waals surface area contributed by atoms with Gasteiger partial charge in [-0.05, 0) is 31.2 Å². The van der Waals surface area contributed by atoms with E-state index >= 15 is 0 Å². The lowest BCUT2D eigenvalue weighted by Crippen LogP contribution is -2.38. The zero-order valence-electron chi connectivity index (χ0n) is 15.9. The van der Waals surface area contributed by atoms with Crippen molar-refractivity contribution in [1.29, 1.82) is 0 Å². The maximum Gasteiger partial charge on any atom is 0.263 e. The molecule has 1 aliphatic rings. The normalized spacial score (nSPS) is 12.8. The number of hydrogen-bond acceptors (Lipinski definition) is 6. The zero-order chi connectivity index (χ0) is 20.1. The van der Waals surface area contributed by atoms with Crippen molar-refractivity contribution in [2.24, 2.45) is 0 Å². The van der Waals surface area contributed by atoms with Crippen LogP contribution in [-0.4, -0.2) is 40.2 Å². The lowest BCUT2D eigenvalue weighted by atomic mass is 10.2. The summed E-state index contributed by atoms with van der Waals surface area (Å²) in [4.78, 5) is 43.4. The van der Waals surface area contributed by atoms with Gasteiger partial charge in [0, 0.05) is 18.0 Å². The maximum absolute atomic E-state index is 13.0. The molecule has 2 aromatic heterocycles. The Bertz CT molecular complexity index is 964. The molecule has 0 radical (unpaired) electrons. The number of rotatable bonds is 9. The van der Waals surface area contributed by atoms with Crippen LogP contribution in [0.1, 0.15) is 30.2 Å². The highest BCUT2D eigenvalue weighted by atomic mass is 32.2. The zero-order valence-corrected chi connectivity index (χ0v) is 17.5. The number of allylic oxidation sites excluding steroid dienone is 1. The van der Waals surface area contributed by atoms with Gasteiger partial charge in [-0.1, -0.05) is 24.8 Å². The van der Waals surface area contributed by atoms with Crippen molar-refractivity contribution in [3.63, 3.8) is 0 Å². The summed E-state index contributed by atoms with van der Waals surface area (Å²) in [5.74, 6) is -0.400. The van der Waals surface area contributed by atoms with Gasteiger partial charge in [-0.3, -0.25) is 19.0 Å². The van der Waals surface area contributed by atoms with Crippen molar-refractivity contribution in [2.45, 2.75) is 44.3 Å². The molecule has 2 aromatic rings. The van der Waals surface area contributed by atoms with E-state index in [2.05, 4.69) is 22.2 Å². The number of aryl methyl sites for hydroxylation is 2. The number of nitrogens with one attached hydrogen (secondary N) is 2. The third-order valence-electron chi connectivity index (χ3n) is 4.45. The van der Waals surface area contributed by atoms with E-state index in [1.54, 1.807) is 22.0 Å². The van der Waals surface area contributed by atoms with E-state index in [9.17, 15) is 14.4 Å². The monoisotopic (exact) mass is 420 g/mol. The number of aromatic nitrogens is 2. The first-order valence-electron chi connectivity index (χ1n) is 9.37. The SMILES string of the molecule is C=CCn1c(SCC(=O)NCC(=O)NCCC)nc2sc3c(c2c1=O)CCC3. The molecular weight excluding hydrogens is 396 g/mol. The van der Waals surface area contributed by atoms with Crippen LogP contribution in [0, 0.1) is 0 Å². The summed E-state index contributed by atoms with van der Waals surface area (Å²) in [6.45, 7) is 6.57. The molecular formula is C19H24N4O3S2. The smallest absolute Gasteiger partial charge is 0.263 e. The quantitative estimate of drug-likeness (QED) is 0.367. The highest BCUT2D eigenvalue weighted by Crippen LogP contribution is 2.35. The van der Waals surface area contributed by atoms with Crippen LogP contribution >= 0.6 is 23.1 Å². The summed E-state index contributed by atoms with van der Waals surface area (Å²) in [5, 5.41) is 6.52. The van der Waals surface area contributed by atoms with Crippen molar-refractivity contribution in [2.75, 3.05) is 18.8 Å². The second kappa shape index (κ2) is 9.38. The molecule has 0 spiro atoms. The summed E-state index contributed by atoms with van der Waals surface area (Å²) in [5.41, 5.74) is 1.08. The van der Waals surface area contributed by atoms with Crippen LogP contribution in [0.15, 0.2) is 22.6 Å². The minimum absolute atomic E-state index is 0.0526. The molecule has 0 aromatic carbocycles. The number of hydrogen-bond donors (Lipinski definition) is 2. The Morgan fingerprint density at radius 1 is 1.32 bits per heavy atom. The Hall–Kier alpha value is -2.13. The van der Waals surface area contributed by atoms with E-state index in [-0.39, 0.29) is 29.7 Å². The van der Waals surface area contributed by atoms with E-state index in [0.29, 0.717) is 18.2 Å². The van der Waals surface area contributed by atoms with Gasteiger partial charge in [-0.15, -0.1) is 17.9 Å². The average Bonchev–Trinajstić information content (AvgIpc) is 3.26. The molecule has 0 bridgehead atoms. The molecule has 2 N–H and O–H groups in total. The van der Waals surface area contributed by atoms with Crippen LogP contribution in [0.3, 0.4) is 0 Å². The second-order valence-electron chi connectivity index (χ2n) is 6.55. The van der Waals surface area contributed by atoms with Gasteiger partial charge >= 0.3 is 0 Å². The molecule has 0 aliphatic heterocycles. The third kappa shape index (κ3) is 4.47. The van der Waals surface area contributed by atoms with E-state index in [1.165, 1.54) is 16.6 Å². The highest BCUT2D eigenvalue weighted by molar-refractivity contribution is 7.99. The van der Waals surface area contributed by atoms with Crippen molar-refractivity contribution < 1.29 is 9.59 Å². The Morgan fingerprint density at radius 3 is 2.89 bits per heavy atom. The molecule has 0 saturated carbocycles. The molecule has 7 nitrogen and oxygen atoms in total. The standard InChI is InChI=1S/C19H24N4O3S2/c1-3-8-20-14(24)10-21-15(25)11-27-19-22-17-16(18(26)23(19)9-4-2)12-6-5-7-13(12)28-17/h4H,2-3,5-11H2,1H3,(H,20,24)(H,21,25). The Labute approximate surface area is 171 Å². The number of thioether (sulfide) groups is 1.